The molecular formula is C32H26N2O3S. The van der Waals surface area contributed by atoms with Gasteiger partial charge in [-0.2, -0.15) is 8.42 Å². The zero-order chi connectivity index (χ0) is 25.9. The minimum atomic E-state index is -3.92. The number of rotatable bonds is 3. The number of aromatic hydroxyl groups is 1. The lowest BCUT2D eigenvalue weighted by Gasteiger charge is -2.27. The molecule has 0 radical (unpaired) electrons. The summed E-state index contributed by atoms with van der Waals surface area (Å²) in [6.07, 6.45) is 9.02. The van der Waals surface area contributed by atoms with Crippen molar-refractivity contribution in [3.8, 4) is 5.75 Å². The molecule has 1 heterocycles. The van der Waals surface area contributed by atoms with E-state index in [-0.39, 0.29) is 16.5 Å². The number of hydrogen-bond donors (Lipinski definition) is 2. The number of allylic oxidation sites excluding steroid dienone is 4. The molecule has 0 fully saturated rings. The maximum atomic E-state index is 13.1. The van der Waals surface area contributed by atoms with Crippen LogP contribution in [0.3, 0.4) is 0 Å². The third kappa shape index (κ3) is 3.67. The van der Waals surface area contributed by atoms with Gasteiger partial charge in [-0.3, -0.25) is 0 Å². The lowest BCUT2D eigenvalue weighted by molar-refractivity contribution is 0.480. The molecule has 2 N–H and O–H groups in total. The van der Waals surface area contributed by atoms with E-state index in [0.29, 0.717) is 17.7 Å². The van der Waals surface area contributed by atoms with Gasteiger partial charge in [-0.15, -0.1) is 4.40 Å². The summed E-state index contributed by atoms with van der Waals surface area (Å²) in [4.78, 5) is 0.134. The summed E-state index contributed by atoms with van der Waals surface area (Å²) in [6.45, 7) is 0. The average Bonchev–Trinajstić information content (AvgIpc) is 2.94. The minimum Gasteiger partial charge on any atom is -0.507 e. The molecule has 2 aliphatic carbocycles. The first-order valence-electron chi connectivity index (χ1n) is 12.9. The molecule has 0 saturated carbocycles. The fourth-order valence-electron chi connectivity index (χ4n) is 6.05. The van der Waals surface area contributed by atoms with Gasteiger partial charge in [-0.05, 0) is 83.5 Å². The third-order valence-electron chi connectivity index (χ3n) is 7.84. The first-order chi connectivity index (χ1) is 18.5. The molecule has 4 aromatic rings. The van der Waals surface area contributed by atoms with E-state index < -0.39 is 10.0 Å². The number of anilines is 1. The average molecular weight is 519 g/mol. The highest BCUT2D eigenvalue weighted by Gasteiger charge is 2.29. The van der Waals surface area contributed by atoms with Gasteiger partial charge in [0.1, 0.15) is 10.6 Å². The number of aryl methyl sites for hydroxylation is 1. The Hall–Kier alpha value is -4.16. The van der Waals surface area contributed by atoms with E-state index in [1.54, 1.807) is 24.3 Å². The van der Waals surface area contributed by atoms with E-state index in [1.165, 1.54) is 11.1 Å². The van der Waals surface area contributed by atoms with Gasteiger partial charge in [-0.1, -0.05) is 72.3 Å². The smallest absolute Gasteiger partial charge is 0.286 e. The summed E-state index contributed by atoms with van der Waals surface area (Å²) >= 11 is 0. The van der Waals surface area contributed by atoms with Crippen LogP contribution in [0.4, 0.5) is 5.69 Å². The van der Waals surface area contributed by atoms with Crippen LogP contribution < -0.4 is 5.32 Å². The summed E-state index contributed by atoms with van der Waals surface area (Å²) in [5.41, 5.74) is 8.01. The van der Waals surface area contributed by atoms with E-state index in [4.69, 9.17) is 0 Å². The lowest BCUT2D eigenvalue weighted by atomic mass is 9.78. The zero-order valence-electron chi connectivity index (χ0n) is 20.7. The molecule has 38 heavy (non-hydrogen) atoms. The Morgan fingerprint density at radius 3 is 2.58 bits per heavy atom. The molecule has 0 spiro atoms. The predicted octanol–water partition coefficient (Wildman–Crippen LogP) is 6.75. The van der Waals surface area contributed by atoms with Crippen molar-refractivity contribution >= 4 is 37.9 Å². The van der Waals surface area contributed by atoms with Crippen LogP contribution in [0.2, 0.25) is 0 Å². The molecule has 4 aromatic carbocycles. The van der Waals surface area contributed by atoms with Crippen LogP contribution in [0.25, 0.3) is 16.3 Å². The van der Waals surface area contributed by atoms with Gasteiger partial charge in [0.25, 0.3) is 10.0 Å². The molecule has 7 rings (SSSR count). The molecule has 188 valence electrons. The Kier molecular flexibility index (Phi) is 5.27. The molecule has 0 bridgehead atoms. The Bertz CT molecular complexity index is 1830. The second kappa shape index (κ2) is 8.71. The molecule has 1 aliphatic heterocycles. The Labute approximate surface area is 221 Å². The number of nitrogens with one attached hydrogen (secondary N) is 1. The maximum absolute atomic E-state index is 13.1. The van der Waals surface area contributed by atoms with Crippen LogP contribution in [0, 0.1) is 0 Å². The van der Waals surface area contributed by atoms with Gasteiger partial charge in [0.15, 0.2) is 5.84 Å². The van der Waals surface area contributed by atoms with Crippen molar-refractivity contribution in [1.29, 1.82) is 0 Å². The first-order valence-corrected chi connectivity index (χ1v) is 14.4. The number of fused-ring (bicyclic) bond motifs is 5. The fourth-order valence-corrected chi connectivity index (χ4v) is 7.18. The van der Waals surface area contributed by atoms with Gasteiger partial charge in [0.05, 0.1) is 11.3 Å². The molecule has 0 aromatic heterocycles. The Balaban J connectivity index is 1.49. The number of sulfonamides is 1. The number of nitrogens with zero attached hydrogens (tertiary/aromatic N) is 1. The van der Waals surface area contributed by atoms with Crippen molar-refractivity contribution in [2.45, 2.75) is 37.0 Å². The first kappa shape index (κ1) is 23.0. The van der Waals surface area contributed by atoms with Crippen molar-refractivity contribution in [3.63, 3.8) is 0 Å². The monoisotopic (exact) mass is 518 g/mol. The van der Waals surface area contributed by atoms with E-state index in [1.807, 2.05) is 24.3 Å². The van der Waals surface area contributed by atoms with Crippen molar-refractivity contribution in [1.82, 2.24) is 0 Å². The SMILES string of the molecule is O=S1(=O)N=C(c2cc(Cc3ccccc3)c3ccc4c(c3c2O)CCC2=C4C=CCC2)Nc2ccccc21. The van der Waals surface area contributed by atoms with E-state index in [9.17, 15) is 13.5 Å². The standard InChI is InChI=1S/C32H26N2O3S/c35-31-27(32-33-28-12-6-7-13-29(28)38(36,37)34-32)19-22(18-20-8-2-1-3-9-20)24-16-17-25-23-11-5-4-10-21(23)14-15-26(25)30(24)31/h1-3,5-9,11-13,16-17,19,35H,4,10,14-15,18H2,(H,33,34). The van der Waals surface area contributed by atoms with Crippen molar-refractivity contribution in [2.24, 2.45) is 4.40 Å². The van der Waals surface area contributed by atoms with Gasteiger partial charge in [-0.25, -0.2) is 0 Å². The fraction of sp³-hybridized carbons (Fsp3) is 0.156. The summed E-state index contributed by atoms with van der Waals surface area (Å²) in [7, 11) is -3.92. The van der Waals surface area contributed by atoms with Gasteiger partial charge >= 0.3 is 0 Å². The van der Waals surface area contributed by atoms with Crippen LogP contribution in [-0.2, 0) is 22.9 Å². The second-order valence-electron chi connectivity index (χ2n) is 10.1. The summed E-state index contributed by atoms with van der Waals surface area (Å²) < 4.78 is 30.3. The quantitative estimate of drug-likeness (QED) is 0.315. The zero-order valence-corrected chi connectivity index (χ0v) is 21.6. The van der Waals surface area contributed by atoms with Crippen LogP contribution in [0.5, 0.6) is 5.75 Å². The maximum Gasteiger partial charge on any atom is 0.286 e. The van der Waals surface area contributed by atoms with Crippen LogP contribution >= 0.6 is 0 Å². The number of benzene rings is 4. The van der Waals surface area contributed by atoms with Crippen molar-refractivity contribution < 1.29 is 13.5 Å². The number of phenolic OH excluding ortho intramolecular Hbond substituents is 1. The third-order valence-corrected chi connectivity index (χ3v) is 9.17. The normalized spacial score (nSPS) is 17.3. The highest BCUT2D eigenvalue weighted by molar-refractivity contribution is 7.90. The molecule has 0 atom stereocenters. The molecule has 6 heteroatoms. The van der Waals surface area contributed by atoms with Gasteiger partial charge < -0.3 is 10.4 Å². The predicted molar refractivity (Wildman–Crippen MR) is 152 cm³/mol. The largest absolute Gasteiger partial charge is 0.507 e. The van der Waals surface area contributed by atoms with Crippen LogP contribution in [-0.4, -0.2) is 19.4 Å². The number of phenols is 1. The Morgan fingerprint density at radius 2 is 1.71 bits per heavy atom. The topological polar surface area (TPSA) is 78.8 Å². The highest BCUT2D eigenvalue weighted by atomic mass is 32.2. The van der Waals surface area contributed by atoms with Crippen LogP contribution in [0.1, 0.15) is 47.1 Å². The summed E-state index contributed by atoms with van der Waals surface area (Å²) in [6, 6.07) is 23.1. The number of amidine groups is 1. The van der Waals surface area contributed by atoms with Gasteiger partial charge in [0.2, 0.25) is 0 Å². The lowest BCUT2D eigenvalue weighted by Crippen LogP contribution is -2.23. The van der Waals surface area contributed by atoms with Crippen LogP contribution in [0.15, 0.2) is 99.8 Å². The Morgan fingerprint density at radius 1 is 0.895 bits per heavy atom. The molecule has 0 amide bonds. The van der Waals surface area contributed by atoms with E-state index in [0.717, 1.165) is 58.7 Å². The summed E-state index contributed by atoms with van der Waals surface area (Å²) in [5, 5.41) is 16.8. The van der Waals surface area contributed by atoms with Crippen molar-refractivity contribution in [2.75, 3.05) is 5.32 Å². The number of para-hydroxylation sites is 1. The number of hydrogen-bond acceptors (Lipinski definition) is 4. The molecule has 3 aliphatic rings. The van der Waals surface area contributed by atoms with E-state index >= 15 is 0 Å². The van der Waals surface area contributed by atoms with E-state index in [2.05, 4.69) is 46.1 Å². The molecule has 0 saturated heterocycles. The van der Waals surface area contributed by atoms with Crippen molar-refractivity contribution in [3.05, 3.63) is 118 Å². The minimum absolute atomic E-state index is 0.0679. The van der Waals surface area contributed by atoms with Gasteiger partial charge in [0, 0.05) is 5.39 Å². The second-order valence-corrected chi connectivity index (χ2v) is 11.7. The summed E-state index contributed by atoms with van der Waals surface area (Å²) in [5.74, 6) is 0.210. The molecular weight excluding hydrogens is 492 g/mol. The molecule has 0 unspecified atom stereocenters. The highest BCUT2D eigenvalue weighted by Crippen LogP contribution is 2.45. The molecule has 5 nitrogen and oxygen atoms in total.